The predicted molar refractivity (Wildman–Crippen MR) is 149 cm³/mol. The van der Waals surface area contributed by atoms with Gasteiger partial charge in [0.15, 0.2) is 0 Å². The lowest BCUT2D eigenvalue weighted by Crippen LogP contribution is -2.55. The summed E-state index contributed by atoms with van der Waals surface area (Å²) in [7, 11) is 0. The Labute approximate surface area is 246 Å². The predicted octanol–water partition coefficient (Wildman–Crippen LogP) is 3.75. The molecule has 0 aromatic heterocycles. The van der Waals surface area contributed by atoms with Crippen LogP contribution in [0, 0.1) is 16.7 Å². The topological polar surface area (TPSA) is 131 Å². The van der Waals surface area contributed by atoms with Crippen LogP contribution in [0.15, 0.2) is 48.5 Å². The number of fused-ring (bicyclic) bond motifs is 2. The normalized spacial score (nSPS) is 22.8. The van der Waals surface area contributed by atoms with Crippen molar-refractivity contribution < 1.29 is 32.3 Å². The number of likely N-dealkylation sites (tertiary alicyclic amines) is 1. The average molecular weight is 596 g/mol. The summed E-state index contributed by atoms with van der Waals surface area (Å²) in [4.78, 5) is 54.6. The molecule has 1 aliphatic carbocycles. The number of hydrogen-bond acceptors (Lipinski definition) is 5. The highest BCUT2D eigenvalue weighted by Gasteiger charge is 2.57. The van der Waals surface area contributed by atoms with E-state index in [1.54, 1.807) is 24.3 Å². The number of carbonyl (C=O) groups excluding carboxylic acids is 4. The zero-order valence-corrected chi connectivity index (χ0v) is 24.0. The first kappa shape index (κ1) is 30.1. The van der Waals surface area contributed by atoms with Crippen LogP contribution in [0.2, 0.25) is 0 Å². The molecule has 9 nitrogen and oxygen atoms in total. The fourth-order valence-corrected chi connectivity index (χ4v) is 6.23. The standard InChI is InChI=1S/C31H32F3N5O4/c1-28(2,3)15-23(26(42)39-17-29(14-18(39)16-35)21-10-6-7-11-22(21)37-27(29)43)36-24(40)25(41)38-30(12-13-30)19-8-4-5-9-20(19)31(32,33)34/h4-11,18,23H,12-15,17H2,1-3H3,(H,36,40)(H,37,43)(H,38,41)/t18-,23-,29-/m0/s1. The Kier molecular flexibility index (Phi) is 7.27. The van der Waals surface area contributed by atoms with Gasteiger partial charge in [-0.3, -0.25) is 19.2 Å². The Hall–Kier alpha value is -4.40. The highest BCUT2D eigenvalue weighted by Crippen LogP contribution is 2.50. The molecule has 3 aliphatic rings. The van der Waals surface area contributed by atoms with Crippen LogP contribution in [-0.2, 0) is 36.3 Å². The lowest BCUT2D eigenvalue weighted by atomic mass is 9.80. The summed E-state index contributed by atoms with van der Waals surface area (Å²) >= 11 is 0. The molecule has 4 amide bonds. The molecule has 1 saturated heterocycles. The van der Waals surface area contributed by atoms with E-state index in [2.05, 4.69) is 22.0 Å². The van der Waals surface area contributed by atoms with Crippen molar-refractivity contribution in [1.82, 2.24) is 15.5 Å². The minimum Gasteiger partial charge on any atom is -0.338 e. The third kappa shape index (κ3) is 5.56. The van der Waals surface area contributed by atoms with Crippen LogP contribution < -0.4 is 16.0 Å². The van der Waals surface area contributed by atoms with Crippen LogP contribution >= 0.6 is 0 Å². The number of halogens is 3. The summed E-state index contributed by atoms with van der Waals surface area (Å²) in [5.41, 5.74) is -2.72. The number of benzene rings is 2. The maximum Gasteiger partial charge on any atom is 0.416 e. The van der Waals surface area contributed by atoms with Gasteiger partial charge in [-0.15, -0.1) is 0 Å². The minimum atomic E-state index is -4.65. The molecule has 2 fully saturated rings. The maximum absolute atomic E-state index is 14.0. The van der Waals surface area contributed by atoms with Crippen molar-refractivity contribution in [1.29, 1.82) is 5.26 Å². The third-order valence-corrected chi connectivity index (χ3v) is 8.39. The molecule has 2 aromatic rings. The van der Waals surface area contributed by atoms with Crippen molar-refractivity contribution in [2.45, 2.75) is 75.7 Å². The van der Waals surface area contributed by atoms with E-state index in [-0.39, 0.29) is 43.7 Å². The number of carbonyl (C=O) groups is 4. The largest absolute Gasteiger partial charge is 0.416 e. The van der Waals surface area contributed by atoms with E-state index in [1.165, 1.54) is 23.1 Å². The van der Waals surface area contributed by atoms with Gasteiger partial charge < -0.3 is 20.9 Å². The average Bonchev–Trinajstić information content (AvgIpc) is 3.53. The van der Waals surface area contributed by atoms with Gasteiger partial charge in [-0.2, -0.15) is 18.4 Å². The van der Waals surface area contributed by atoms with Crippen molar-refractivity contribution in [3.8, 4) is 6.07 Å². The van der Waals surface area contributed by atoms with E-state index in [4.69, 9.17) is 0 Å². The lowest BCUT2D eigenvalue weighted by Gasteiger charge is -2.31. The number of nitrogens with zero attached hydrogens (tertiary/aromatic N) is 2. The molecule has 2 aromatic carbocycles. The Balaban J connectivity index is 1.36. The van der Waals surface area contributed by atoms with Crippen molar-refractivity contribution in [2.24, 2.45) is 5.41 Å². The summed E-state index contributed by atoms with van der Waals surface area (Å²) < 4.78 is 41.0. The van der Waals surface area contributed by atoms with Gasteiger partial charge in [-0.05, 0) is 47.9 Å². The SMILES string of the molecule is CC(C)(C)C[C@H](NC(=O)C(=O)NC1(c2ccccc2C(F)(F)F)CC1)C(=O)N1C[C@]2(C[C@H]1C#N)C(=O)Nc1ccccc12. The first-order valence-electron chi connectivity index (χ1n) is 14.0. The number of para-hydroxylation sites is 1. The number of nitrogens with one attached hydrogen (secondary N) is 3. The molecular weight excluding hydrogens is 563 g/mol. The molecule has 2 heterocycles. The molecule has 12 heteroatoms. The van der Waals surface area contributed by atoms with E-state index in [1.807, 2.05) is 20.8 Å². The Morgan fingerprint density at radius 2 is 1.67 bits per heavy atom. The smallest absolute Gasteiger partial charge is 0.338 e. The summed E-state index contributed by atoms with van der Waals surface area (Å²) in [5.74, 6) is -3.29. The fraction of sp³-hybridized carbons (Fsp3) is 0.452. The molecule has 0 unspecified atom stereocenters. The Morgan fingerprint density at radius 3 is 2.28 bits per heavy atom. The molecule has 3 N–H and O–H groups in total. The lowest BCUT2D eigenvalue weighted by molar-refractivity contribution is -0.144. The quantitative estimate of drug-likeness (QED) is 0.454. The van der Waals surface area contributed by atoms with Gasteiger partial charge in [-0.25, -0.2) is 0 Å². The first-order chi connectivity index (χ1) is 20.1. The Morgan fingerprint density at radius 1 is 1.05 bits per heavy atom. The van der Waals surface area contributed by atoms with Gasteiger partial charge in [0.25, 0.3) is 0 Å². The van der Waals surface area contributed by atoms with E-state index < -0.39 is 57.9 Å². The second-order valence-corrected chi connectivity index (χ2v) is 12.8. The van der Waals surface area contributed by atoms with E-state index in [0.29, 0.717) is 11.3 Å². The van der Waals surface area contributed by atoms with Crippen LogP contribution in [0.5, 0.6) is 0 Å². The highest BCUT2D eigenvalue weighted by molar-refractivity contribution is 6.35. The van der Waals surface area contributed by atoms with Gasteiger partial charge in [0.1, 0.15) is 12.1 Å². The van der Waals surface area contributed by atoms with Gasteiger partial charge in [0, 0.05) is 18.7 Å². The zero-order chi connectivity index (χ0) is 31.4. The maximum atomic E-state index is 14.0. The third-order valence-electron chi connectivity index (χ3n) is 8.39. The molecule has 226 valence electrons. The summed E-state index contributed by atoms with van der Waals surface area (Å²) in [6.07, 6.45) is -4.06. The number of nitriles is 1. The van der Waals surface area contributed by atoms with Gasteiger partial charge in [0.2, 0.25) is 11.8 Å². The van der Waals surface area contributed by atoms with Crippen LogP contribution in [0.3, 0.4) is 0 Å². The van der Waals surface area contributed by atoms with Crippen molar-refractivity contribution in [3.05, 3.63) is 65.2 Å². The van der Waals surface area contributed by atoms with E-state index in [9.17, 15) is 37.6 Å². The molecule has 3 atom stereocenters. The zero-order valence-electron chi connectivity index (χ0n) is 24.0. The Bertz CT molecular complexity index is 1540. The first-order valence-corrected chi connectivity index (χ1v) is 14.0. The number of anilines is 1. The molecule has 0 bridgehead atoms. The number of alkyl halides is 3. The van der Waals surface area contributed by atoms with Crippen molar-refractivity contribution in [2.75, 3.05) is 11.9 Å². The van der Waals surface area contributed by atoms with Crippen molar-refractivity contribution in [3.63, 3.8) is 0 Å². The van der Waals surface area contributed by atoms with Crippen LogP contribution in [0.4, 0.5) is 18.9 Å². The summed E-state index contributed by atoms with van der Waals surface area (Å²) in [5, 5.41) is 17.7. The molecule has 1 saturated carbocycles. The molecule has 1 spiro atoms. The van der Waals surface area contributed by atoms with Crippen molar-refractivity contribution >= 4 is 29.3 Å². The molecule has 43 heavy (non-hydrogen) atoms. The molecule has 5 rings (SSSR count). The van der Waals surface area contributed by atoms with E-state index >= 15 is 0 Å². The van der Waals surface area contributed by atoms with E-state index in [0.717, 1.165) is 6.07 Å². The monoisotopic (exact) mass is 595 g/mol. The van der Waals surface area contributed by atoms with Gasteiger partial charge in [0.05, 0.1) is 22.6 Å². The molecule has 0 radical (unpaired) electrons. The second kappa shape index (κ2) is 10.4. The van der Waals surface area contributed by atoms with Crippen LogP contribution in [0.1, 0.15) is 63.1 Å². The van der Waals surface area contributed by atoms with Gasteiger partial charge in [-0.1, -0.05) is 57.2 Å². The summed E-state index contributed by atoms with van der Waals surface area (Å²) in [6, 6.07) is 11.9. The minimum absolute atomic E-state index is 0.0654. The highest BCUT2D eigenvalue weighted by atomic mass is 19.4. The molecule has 2 aliphatic heterocycles. The fourth-order valence-electron chi connectivity index (χ4n) is 6.23. The van der Waals surface area contributed by atoms with Gasteiger partial charge >= 0.3 is 18.0 Å². The number of rotatable bonds is 5. The molecular formula is C31H32F3N5O4. The summed E-state index contributed by atoms with van der Waals surface area (Å²) in [6.45, 7) is 5.41. The second-order valence-electron chi connectivity index (χ2n) is 12.8. The van der Waals surface area contributed by atoms with Crippen LogP contribution in [-0.4, -0.2) is 47.2 Å². The number of amides is 4. The van der Waals surface area contributed by atoms with Crippen LogP contribution in [0.25, 0.3) is 0 Å². The number of hydrogen-bond donors (Lipinski definition) is 3.